The zero-order valence-corrected chi connectivity index (χ0v) is 12.6. The van der Waals surface area contributed by atoms with Crippen LogP contribution in [0.1, 0.15) is 60.8 Å². The molecule has 1 saturated carbocycles. The highest BCUT2D eigenvalue weighted by Crippen LogP contribution is 2.28. The van der Waals surface area contributed by atoms with Crippen molar-refractivity contribution in [3.05, 3.63) is 23.0 Å². The molecule has 2 unspecified atom stereocenters. The van der Waals surface area contributed by atoms with Gasteiger partial charge in [-0.25, -0.2) is 4.79 Å². The van der Waals surface area contributed by atoms with Crippen molar-refractivity contribution in [3.8, 4) is 0 Å². The number of carboxylic acids is 1. The number of aryl methyl sites for hydroxylation is 2. The van der Waals surface area contributed by atoms with Gasteiger partial charge in [-0.2, -0.15) is 0 Å². The Labute approximate surface area is 120 Å². The van der Waals surface area contributed by atoms with Crippen molar-refractivity contribution in [3.63, 3.8) is 0 Å². The maximum atomic E-state index is 11.5. The van der Waals surface area contributed by atoms with Gasteiger partial charge in [-0.15, -0.1) is 0 Å². The molecule has 0 amide bonds. The summed E-state index contributed by atoms with van der Waals surface area (Å²) in [5, 5.41) is 12.9. The summed E-state index contributed by atoms with van der Waals surface area (Å²) in [6, 6.07) is 2.21. The van der Waals surface area contributed by atoms with Crippen molar-refractivity contribution in [2.45, 2.75) is 58.9 Å². The van der Waals surface area contributed by atoms with Crippen LogP contribution in [-0.2, 0) is 0 Å². The van der Waals surface area contributed by atoms with Crippen molar-refractivity contribution in [2.75, 3.05) is 5.32 Å². The summed E-state index contributed by atoms with van der Waals surface area (Å²) in [5.74, 6) is -0.327. The number of nitrogens with zero attached hydrogens (tertiary/aromatic N) is 1. The van der Waals surface area contributed by atoms with E-state index >= 15 is 0 Å². The number of aromatic carboxylic acids is 1. The molecule has 2 atom stereocenters. The van der Waals surface area contributed by atoms with Crippen molar-refractivity contribution < 1.29 is 9.90 Å². The average Bonchev–Trinajstić information content (AvgIpc) is 2.53. The second kappa shape index (κ2) is 6.25. The zero-order valence-electron chi connectivity index (χ0n) is 12.6. The zero-order chi connectivity index (χ0) is 14.7. The number of pyridine rings is 1. The van der Waals surface area contributed by atoms with Gasteiger partial charge in [0.1, 0.15) is 5.56 Å². The summed E-state index contributed by atoms with van der Waals surface area (Å²) in [4.78, 5) is 15.7. The van der Waals surface area contributed by atoms with E-state index in [1.54, 1.807) is 6.92 Å². The molecule has 1 aliphatic rings. The highest BCUT2D eigenvalue weighted by atomic mass is 16.4. The van der Waals surface area contributed by atoms with E-state index in [4.69, 9.17) is 0 Å². The molecular weight excluding hydrogens is 252 g/mol. The summed E-state index contributed by atoms with van der Waals surface area (Å²) in [5.41, 5.74) is 2.48. The van der Waals surface area contributed by atoms with Crippen LogP contribution in [0.15, 0.2) is 6.07 Å². The van der Waals surface area contributed by atoms with Gasteiger partial charge in [0.2, 0.25) is 0 Å². The monoisotopic (exact) mass is 276 g/mol. The Bertz CT molecular complexity index is 499. The van der Waals surface area contributed by atoms with Gasteiger partial charge in [-0.3, -0.25) is 4.98 Å². The van der Waals surface area contributed by atoms with Gasteiger partial charge >= 0.3 is 5.97 Å². The molecule has 2 N–H and O–H groups in total. The summed E-state index contributed by atoms with van der Waals surface area (Å²) in [7, 11) is 0. The molecule has 4 heteroatoms. The molecule has 1 aromatic rings. The molecule has 0 aromatic carbocycles. The quantitative estimate of drug-likeness (QED) is 0.825. The van der Waals surface area contributed by atoms with Crippen molar-refractivity contribution in [1.82, 2.24) is 4.98 Å². The van der Waals surface area contributed by atoms with Gasteiger partial charge in [0.15, 0.2) is 0 Å². The number of hydrogen-bond acceptors (Lipinski definition) is 3. The number of aromatic nitrogens is 1. The second-order valence-corrected chi connectivity index (χ2v) is 5.94. The lowest BCUT2D eigenvalue weighted by Crippen LogP contribution is -2.27. The van der Waals surface area contributed by atoms with Crippen LogP contribution in [0.3, 0.4) is 0 Å². The topological polar surface area (TPSA) is 62.2 Å². The molecule has 1 aliphatic carbocycles. The molecule has 1 heterocycles. The molecule has 1 fully saturated rings. The van der Waals surface area contributed by atoms with E-state index in [1.807, 2.05) is 13.0 Å². The summed E-state index contributed by atoms with van der Waals surface area (Å²) in [6.45, 7) is 5.92. The SMILES string of the molecule is Cc1cc(NC2CCCCCC2C)c(C(=O)O)c(C)n1. The number of rotatable bonds is 3. The van der Waals surface area contributed by atoms with Crippen LogP contribution in [0.4, 0.5) is 5.69 Å². The van der Waals surface area contributed by atoms with E-state index in [9.17, 15) is 9.90 Å². The van der Waals surface area contributed by atoms with E-state index < -0.39 is 5.97 Å². The minimum absolute atomic E-state index is 0.312. The molecule has 0 bridgehead atoms. The Morgan fingerprint density at radius 3 is 2.70 bits per heavy atom. The predicted octanol–water partition coefficient (Wildman–Crippen LogP) is 3.78. The standard InChI is InChI=1S/C16H24N2O2/c1-10-7-5-4-6-8-13(10)18-14-9-11(2)17-12(3)15(14)16(19)20/h9-10,13H,4-8H2,1-3H3,(H,17,18)(H,19,20). The first-order valence-electron chi connectivity index (χ1n) is 7.47. The first-order valence-corrected chi connectivity index (χ1v) is 7.47. The maximum absolute atomic E-state index is 11.5. The lowest BCUT2D eigenvalue weighted by atomic mass is 9.96. The van der Waals surface area contributed by atoms with Gasteiger partial charge in [-0.1, -0.05) is 26.2 Å². The molecule has 20 heavy (non-hydrogen) atoms. The highest BCUT2D eigenvalue weighted by molar-refractivity contribution is 5.95. The molecule has 0 aliphatic heterocycles. The minimum Gasteiger partial charge on any atom is -0.478 e. The van der Waals surface area contributed by atoms with Crippen LogP contribution in [0.2, 0.25) is 0 Å². The van der Waals surface area contributed by atoms with Crippen LogP contribution < -0.4 is 5.32 Å². The Balaban J connectivity index is 2.29. The van der Waals surface area contributed by atoms with Crippen molar-refractivity contribution in [1.29, 1.82) is 0 Å². The Hall–Kier alpha value is -1.58. The highest BCUT2D eigenvalue weighted by Gasteiger charge is 2.23. The maximum Gasteiger partial charge on any atom is 0.339 e. The van der Waals surface area contributed by atoms with Gasteiger partial charge in [0, 0.05) is 11.7 Å². The van der Waals surface area contributed by atoms with Gasteiger partial charge in [-0.05, 0) is 38.7 Å². The Morgan fingerprint density at radius 2 is 2.00 bits per heavy atom. The van der Waals surface area contributed by atoms with Crippen LogP contribution in [-0.4, -0.2) is 22.1 Å². The molecule has 0 spiro atoms. The Morgan fingerprint density at radius 1 is 1.30 bits per heavy atom. The molecule has 2 rings (SSSR count). The first-order chi connectivity index (χ1) is 9.49. The number of anilines is 1. The third kappa shape index (κ3) is 3.30. The normalized spacial score (nSPS) is 23.1. The summed E-state index contributed by atoms with van der Waals surface area (Å²) in [6.07, 6.45) is 6.10. The lowest BCUT2D eigenvalue weighted by molar-refractivity contribution is 0.0696. The molecular formula is C16H24N2O2. The van der Waals surface area contributed by atoms with Crippen LogP contribution in [0.25, 0.3) is 0 Å². The third-order valence-electron chi connectivity index (χ3n) is 4.24. The number of carbonyl (C=O) groups is 1. The van der Waals surface area contributed by atoms with Crippen LogP contribution in [0, 0.1) is 19.8 Å². The van der Waals surface area contributed by atoms with Crippen LogP contribution >= 0.6 is 0 Å². The number of nitrogens with one attached hydrogen (secondary N) is 1. The van der Waals surface area contributed by atoms with Gasteiger partial charge in [0.05, 0.1) is 11.4 Å². The van der Waals surface area contributed by atoms with Crippen LogP contribution in [0.5, 0.6) is 0 Å². The predicted molar refractivity (Wildman–Crippen MR) is 80.3 cm³/mol. The largest absolute Gasteiger partial charge is 0.478 e. The summed E-state index contributed by atoms with van der Waals surface area (Å²) >= 11 is 0. The van der Waals surface area contributed by atoms with Crippen molar-refractivity contribution >= 4 is 11.7 Å². The van der Waals surface area contributed by atoms with E-state index in [1.165, 1.54) is 25.7 Å². The Kier molecular flexibility index (Phi) is 4.63. The van der Waals surface area contributed by atoms with E-state index in [-0.39, 0.29) is 0 Å². The first kappa shape index (κ1) is 14.8. The molecule has 4 nitrogen and oxygen atoms in total. The second-order valence-electron chi connectivity index (χ2n) is 5.94. The fourth-order valence-electron chi connectivity index (χ4n) is 3.12. The smallest absolute Gasteiger partial charge is 0.339 e. The molecule has 0 saturated heterocycles. The van der Waals surface area contributed by atoms with Gasteiger partial charge in [0.25, 0.3) is 0 Å². The number of carboxylic acid groups (broad SMARTS) is 1. The summed E-state index contributed by atoms with van der Waals surface area (Å²) < 4.78 is 0. The molecule has 110 valence electrons. The fourth-order valence-corrected chi connectivity index (χ4v) is 3.12. The third-order valence-corrected chi connectivity index (χ3v) is 4.24. The number of hydrogen-bond donors (Lipinski definition) is 2. The average molecular weight is 276 g/mol. The minimum atomic E-state index is -0.904. The fraction of sp³-hybridized carbons (Fsp3) is 0.625. The lowest BCUT2D eigenvalue weighted by Gasteiger charge is -2.25. The van der Waals surface area contributed by atoms with E-state index in [0.717, 1.165) is 17.8 Å². The van der Waals surface area contributed by atoms with Crippen molar-refractivity contribution in [2.24, 2.45) is 5.92 Å². The molecule has 0 radical (unpaired) electrons. The van der Waals surface area contributed by atoms with E-state index in [0.29, 0.717) is 23.2 Å². The van der Waals surface area contributed by atoms with E-state index in [2.05, 4.69) is 17.2 Å². The molecule has 1 aromatic heterocycles. The van der Waals surface area contributed by atoms with Gasteiger partial charge < -0.3 is 10.4 Å².